The van der Waals surface area contributed by atoms with E-state index in [0.717, 1.165) is 28.5 Å². The summed E-state index contributed by atoms with van der Waals surface area (Å²) in [5.74, 6) is 0.855. The molecular formula is C19H18N2O. The molecule has 110 valence electrons. The zero-order valence-electron chi connectivity index (χ0n) is 12.4. The third-order valence-electron chi connectivity index (χ3n) is 3.33. The molecule has 22 heavy (non-hydrogen) atoms. The SMILES string of the molecule is COc1ccc(Nc2ccc(Nc3ccccc3)cc2)cc1. The lowest BCUT2D eigenvalue weighted by Gasteiger charge is -2.10. The van der Waals surface area contributed by atoms with E-state index in [1.54, 1.807) is 7.11 Å². The number of rotatable bonds is 5. The molecule has 3 heteroatoms. The third kappa shape index (κ3) is 3.58. The third-order valence-corrected chi connectivity index (χ3v) is 3.33. The Labute approximate surface area is 130 Å². The van der Waals surface area contributed by atoms with Crippen LogP contribution in [0, 0.1) is 0 Å². The summed E-state index contributed by atoms with van der Waals surface area (Å²) in [5, 5.41) is 6.73. The van der Waals surface area contributed by atoms with E-state index < -0.39 is 0 Å². The number of anilines is 4. The predicted molar refractivity (Wildman–Crippen MR) is 92.4 cm³/mol. The van der Waals surface area contributed by atoms with Crippen molar-refractivity contribution in [3.8, 4) is 5.75 Å². The van der Waals surface area contributed by atoms with E-state index in [-0.39, 0.29) is 0 Å². The summed E-state index contributed by atoms with van der Waals surface area (Å²) in [4.78, 5) is 0. The molecule has 3 rings (SSSR count). The van der Waals surface area contributed by atoms with Crippen molar-refractivity contribution in [3.05, 3.63) is 78.9 Å². The molecule has 0 heterocycles. The molecule has 0 fully saturated rings. The molecule has 2 N–H and O–H groups in total. The summed E-state index contributed by atoms with van der Waals surface area (Å²) >= 11 is 0. The van der Waals surface area contributed by atoms with Gasteiger partial charge in [0.1, 0.15) is 5.75 Å². The Morgan fingerprint density at radius 1 is 0.545 bits per heavy atom. The Bertz CT molecular complexity index is 707. The molecule has 0 spiro atoms. The average molecular weight is 290 g/mol. The average Bonchev–Trinajstić information content (AvgIpc) is 2.58. The molecule has 0 saturated heterocycles. The maximum atomic E-state index is 5.16. The van der Waals surface area contributed by atoms with Crippen LogP contribution in [0.5, 0.6) is 5.75 Å². The molecule has 3 aromatic rings. The number of hydrogen-bond acceptors (Lipinski definition) is 3. The van der Waals surface area contributed by atoms with Crippen molar-refractivity contribution in [3.63, 3.8) is 0 Å². The van der Waals surface area contributed by atoms with Crippen molar-refractivity contribution < 1.29 is 4.74 Å². The largest absolute Gasteiger partial charge is 0.497 e. The maximum absolute atomic E-state index is 5.16. The van der Waals surface area contributed by atoms with Crippen molar-refractivity contribution in [1.29, 1.82) is 0 Å². The van der Waals surface area contributed by atoms with Gasteiger partial charge >= 0.3 is 0 Å². The molecule has 3 nitrogen and oxygen atoms in total. The number of hydrogen-bond donors (Lipinski definition) is 2. The highest BCUT2D eigenvalue weighted by molar-refractivity contribution is 5.66. The molecular weight excluding hydrogens is 272 g/mol. The van der Waals surface area contributed by atoms with E-state index in [0.29, 0.717) is 0 Å². The lowest BCUT2D eigenvalue weighted by molar-refractivity contribution is 0.415. The summed E-state index contributed by atoms with van der Waals surface area (Å²) in [6.45, 7) is 0. The van der Waals surface area contributed by atoms with E-state index in [2.05, 4.69) is 34.9 Å². The van der Waals surface area contributed by atoms with Crippen molar-refractivity contribution in [2.24, 2.45) is 0 Å². The second kappa shape index (κ2) is 6.68. The Morgan fingerprint density at radius 2 is 0.955 bits per heavy atom. The topological polar surface area (TPSA) is 33.3 Å². The minimum Gasteiger partial charge on any atom is -0.497 e. The van der Waals surface area contributed by atoms with Crippen LogP contribution in [-0.4, -0.2) is 7.11 Å². The van der Waals surface area contributed by atoms with Crippen LogP contribution in [0.25, 0.3) is 0 Å². The maximum Gasteiger partial charge on any atom is 0.119 e. The van der Waals surface area contributed by atoms with Crippen molar-refractivity contribution in [2.75, 3.05) is 17.7 Å². The van der Waals surface area contributed by atoms with Gasteiger partial charge in [-0.25, -0.2) is 0 Å². The van der Waals surface area contributed by atoms with Gasteiger partial charge in [0.25, 0.3) is 0 Å². The molecule has 0 unspecified atom stereocenters. The molecule has 0 aliphatic rings. The van der Waals surface area contributed by atoms with Crippen LogP contribution in [0.15, 0.2) is 78.9 Å². The van der Waals surface area contributed by atoms with Crippen molar-refractivity contribution in [2.45, 2.75) is 0 Å². The number of benzene rings is 3. The molecule has 0 aliphatic heterocycles. The van der Waals surface area contributed by atoms with Crippen LogP contribution < -0.4 is 15.4 Å². The molecule has 0 radical (unpaired) electrons. The summed E-state index contributed by atoms with van der Waals surface area (Å²) < 4.78 is 5.16. The van der Waals surface area contributed by atoms with Crippen LogP contribution in [0.1, 0.15) is 0 Å². The number of methoxy groups -OCH3 is 1. The number of para-hydroxylation sites is 1. The number of ether oxygens (including phenoxy) is 1. The van der Waals surface area contributed by atoms with Gasteiger partial charge in [-0.15, -0.1) is 0 Å². The fraction of sp³-hybridized carbons (Fsp3) is 0.0526. The van der Waals surface area contributed by atoms with Crippen LogP contribution in [-0.2, 0) is 0 Å². The lowest BCUT2D eigenvalue weighted by atomic mass is 10.2. The van der Waals surface area contributed by atoms with Gasteiger partial charge in [0.05, 0.1) is 7.11 Å². The monoisotopic (exact) mass is 290 g/mol. The highest BCUT2D eigenvalue weighted by Gasteiger charge is 1.97. The standard InChI is InChI=1S/C19H18N2O/c1-22-19-13-11-18(12-14-19)21-17-9-7-16(8-10-17)20-15-5-3-2-4-6-15/h2-14,20-21H,1H3. The van der Waals surface area contributed by atoms with Gasteiger partial charge in [-0.1, -0.05) is 18.2 Å². The van der Waals surface area contributed by atoms with Gasteiger partial charge < -0.3 is 15.4 Å². The van der Waals surface area contributed by atoms with Gasteiger partial charge in [0, 0.05) is 22.7 Å². The highest BCUT2D eigenvalue weighted by atomic mass is 16.5. The molecule has 0 bridgehead atoms. The Kier molecular flexibility index (Phi) is 4.25. The van der Waals surface area contributed by atoms with Crippen LogP contribution in [0.2, 0.25) is 0 Å². The summed E-state index contributed by atoms with van der Waals surface area (Å²) in [7, 11) is 1.67. The molecule has 0 atom stereocenters. The van der Waals surface area contributed by atoms with Gasteiger partial charge in [-0.2, -0.15) is 0 Å². The summed E-state index contributed by atoms with van der Waals surface area (Å²) in [6.07, 6.45) is 0. The molecule has 0 aromatic heterocycles. The fourth-order valence-corrected chi connectivity index (χ4v) is 2.17. The smallest absolute Gasteiger partial charge is 0.119 e. The fourth-order valence-electron chi connectivity index (χ4n) is 2.17. The van der Waals surface area contributed by atoms with Gasteiger partial charge in [0.2, 0.25) is 0 Å². The predicted octanol–water partition coefficient (Wildman–Crippen LogP) is 5.18. The first-order chi connectivity index (χ1) is 10.8. The minimum atomic E-state index is 0.855. The van der Waals surface area contributed by atoms with Gasteiger partial charge in [-0.05, 0) is 60.7 Å². The summed E-state index contributed by atoms with van der Waals surface area (Å²) in [5.41, 5.74) is 4.22. The lowest BCUT2D eigenvalue weighted by Crippen LogP contribution is -1.92. The van der Waals surface area contributed by atoms with E-state index in [4.69, 9.17) is 4.74 Å². The van der Waals surface area contributed by atoms with Crippen LogP contribution in [0.4, 0.5) is 22.7 Å². The first-order valence-corrected chi connectivity index (χ1v) is 7.17. The van der Waals surface area contributed by atoms with Gasteiger partial charge in [-0.3, -0.25) is 0 Å². The quantitative estimate of drug-likeness (QED) is 0.679. The first-order valence-electron chi connectivity index (χ1n) is 7.17. The second-order valence-corrected chi connectivity index (χ2v) is 4.92. The molecule has 0 amide bonds. The van der Waals surface area contributed by atoms with E-state index in [9.17, 15) is 0 Å². The summed E-state index contributed by atoms with van der Waals surface area (Å²) in [6, 6.07) is 26.2. The zero-order valence-corrected chi connectivity index (χ0v) is 12.4. The van der Waals surface area contributed by atoms with Crippen LogP contribution in [0.3, 0.4) is 0 Å². The minimum absolute atomic E-state index is 0.855. The zero-order chi connectivity index (χ0) is 15.2. The first kappa shape index (κ1) is 14.0. The molecule has 3 aromatic carbocycles. The Hall–Kier alpha value is -2.94. The van der Waals surface area contributed by atoms with E-state index in [1.165, 1.54) is 0 Å². The Balaban J connectivity index is 1.66. The molecule has 0 saturated carbocycles. The highest BCUT2D eigenvalue weighted by Crippen LogP contribution is 2.22. The second-order valence-electron chi connectivity index (χ2n) is 4.92. The van der Waals surface area contributed by atoms with Crippen LogP contribution >= 0.6 is 0 Å². The van der Waals surface area contributed by atoms with Gasteiger partial charge in [0.15, 0.2) is 0 Å². The molecule has 0 aliphatic carbocycles. The van der Waals surface area contributed by atoms with E-state index >= 15 is 0 Å². The van der Waals surface area contributed by atoms with Crippen molar-refractivity contribution >= 4 is 22.7 Å². The Morgan fingerprint density at radius 3 is 1.41 bits per heavy atom. The van der Waals surface area contributed by atoms with E-state index in [1.807, 2.05) is 54.6 Å². The van der Waals surface area contributed by atoms with Crippen molar-refractivity contribution in [1.82, 2.24) is 0 Å². The number of nitrogens with one attached hydrogen (secondary N) is 2. The normalized spacial score (nSPS) is 10.0.